The van der Waals surface area contributed by atoms with Gasteiger partial charge in [0, 0.05) is 24.4 Å². The Labute approximate surface area is 131 Å². The fraction of sp³-hybridized carbons (Fsp3) is 0.250. The largest absolute Gasteiger partial charge is 0.508 e. The molecule has 7 heteroatoms. The molecule has 6 nitrogen and oxygen atoms in total. The molecule has 118 valence electrons. The molecule has 0 amide bonds. The second kappa shape index (κ2) is 5.20. The van der Waals surface area contributed by atoms with Crippen LogP contribution >= 0.6 is 0 Å². The molecule has 2 aromatic heterocycles. The summed E-state index contributed by atoms with van der Waals surface area (Å²) in [6.45, 7) is 0.373. The molecule has 0 aliphatic carbocycles. The molecule has 1 aliphatic rings. The molecule has 0 radical (unpaired) electrons. The molecule has 1 aromatic carbocycles. The second-order valence-corrected chi connectivity index (χ2v) is 5.68. The lowest BCUT2D eigenvalue weighted by atomic mass is 10.0. The van der Waals surface area contributed by atoms with Crippen molar-refractivity contribution >= 4 is 11.5 Å². The van der Waals surface area contributed by atoms with Crippen LogP contribution < -0.4 is 4.90 Å². The van der Waals surface area contributed by atoms with Gasteiger partial charge < -0.3 is 15.1 Å². The summed E-state index contributed by atoms with van der Waals surface area (Å²) in [7, 11) is 0. The number of phenolic OH excluding ortho intramolecular Hbond substituents is 1. The van der Waals surface area contributed by atoms with Crippen LogP contribution in [0.4, 0.5) is 10.2 Å². The third kappa shape index (κ3) is 2.39. The van der Waals surface area contributed by atoms with Crippen molar-refractivity contribution in [3.63, 3.8) is 0 Å². The minimum absolute atomic E-state index is 0.0148. The zero-order chi connectivity index (χ0) is 16.0. The van der Waals surface area contributed by atoms with Crippen LogP contribution in [-0.2, 0) is 0 Å². The average molecular weight is 314 g/mol. The highest BCUT2D eigenvalue weighted by Crippen LogP contribution is 2.39. The quantitative estimate of drug-likeness (QED) is 0.755. The third-order valence-corrected chi connectivity index (χ3v) is 4.17. The molecule has 0 bridgehead atoms. The van der Waals surface area contributed by atoms with Gasteiger partial charge in [-0.05, 0) is 30.7 Å². The first kappa shape index (κ1) is 14.0. The van der Waals surface area contributed by atoms with E-state index in [0.717, 1.165) is 0 Å². The molecule has 4 rings (SSSR count). The van der Waals surface area contributed by atoms with E-state index in [-0.39, 0.29) is 11.8 Å². The zero-order valence-corrected chi connectivity index (χ0v) is 12.2. The van der Waals surface area contributed by atoms with Crippen molar-refractivity contribution < 1.29 is 14.6 Å². The van der Waals surface area contributed by atoms with Gasteiger partial charge in [-0.2, -0.15) is 5.10 Å². The number of benzene rings is 1. The number of hydrogen-bond acceptors (Lipinski definition) is 5. The van der Waals surface area contributed by atoms with E-state index >= 15 is 0 Å². The molecule has 1 fully saturated rings. The van der Waals surface area contributed by atoms with E-state index in [9.17, 15) is 14.6 Å². The first-order valence-electron chi connectivity index (χ1n) is 7.35. The Hall–Kier alpha value is -2.67. The van der Waals surface area contributed by atoms with Gasteiger partial charge in [-0.3, -0.25) is 0 Å². The molecule has 1 saturated heterocycles. The molecular formula is C16H15FN4O2. The first-order valence-corrected chi connectivity index (χ1v) is 7.35. The second-order valence-electron chi connectivity index (χ2n) is 5.68. The number of aromatic nitrogens is 3. The molecule has 0 saturated carbocycles. The van der Waals surface area contributed by atoms with Gasteiger partial charge in [0.1, 0.15) is 17.4 Å². The van der Waals surface area contributed by atoms with E-state index < -0.39 is 11.9 Å². The highest BCUT2D eigenvalue weighted by molar-refractivity contribution is 5.52. The van der Waals surface area contributed by atoms with E-state index in [0.29, 0.717) is 30.0 Å². The van der Waals surface area contributed by atoms with Gasteiger partial charge >= 0.3 is 0 Å². The van der Waals surface area contributed by atoms with Crippen molar-refractivity contribution in [1.82, 2.24) is 14.6 Å². The van der Waals surface area contributed by atoms with Crippen LogP contribution in [0.3, 0.4) is 0 Å². The van der Waals surface area contributed by atoms with Crippen LogP contribution in [0.25, 0.3) is 5.65 Å². The number of anilines is 1. The van der Waals surface area contributed by atoms with Crippen LogP contribution in [0.5, 0.6) is 5.75 Å². The smallest absolute Gasteiger partial charge is 0.157 e. The van der Waals surface area contributed by atoms with Gasteiger partial charge in [0.15, 0.2) is 5.65 Å². The first-order chi connectivity index (χ1) is 11.1. The Morgan fingerprint density at radius 3 is 2.96 bits per heavy atom. The summed E-state index contributed by atoms with van der Waals surface area (Å²) in [5.74, 6) is 0.252. The van der Waals surface area contributed by atoms with E-state index in [1.165, 1.54) is 18.2 Å². The maximum Gasteiger partial charge on any atom is 0.157 e. The van der Waals surface area contributed by atoms with Gasteiger partial charge in [-0.1, -0.05) is 0 Å². The Morgan fingerprint density at radius 1 is 1.22 bits per heavy atom. The zero-order valence-electron chi connectivity index (χ0n) is 12.2. The maximum absolute atomic E-state index is 13.6. The number of aliphatic hydroxyl groups is 1. The van der Waals surface area contributed by atoms with Crippen LogP contribution in [0.1, 0.15) is 18.0 Å². The number of rotatable bonds is 2. The summed E-state index contributed by atoms with van der Waals surface area (Å²) in [5.41, 5.74) is 1.14. The molecular weight excluding hydrogens is 299 g/mol. The molecule has 3 aromatic rings. The van der Waals surface area contributed by atoms with Crippen molar-refractivity contribution in [3.8, 4) is 5.75 Å². The van der Waals surface area contributed by atoms with Crippen molar-refractivity contribution in [2.45, 2.75) is 18.6 Å². The highest BCUT2D eigenvalue weighted by atomic mass is 19.1. The van der Waals surface area contributed by atoms with Crippen molar-refractivity contribution in [2.75, 3.05) is 11.4 Å². The lowest BCUT2D eigenvalue weighted by molar-refractivity contribution is 0.194. The van der Waals surface area contributed by atoms with Gasteiger partial charge in [-0.15, -0.1) is 0 Å². The Kier molecular flexibility index (Phi) is 3.16. The van der Waals surface area contributed by atoms with Crippen LogP contribution in [-0.4, -0.2) is 37.5 Å². The fourth-order valence-corrected chi connectivity index (χ4v) is 3.12. The summed E-state index contributed by atoms with van der Waals surface area (Å²) in [4.78, 5) is 6.40. The van der Waals surface area contributed by atoms with Crippen molar-refractivity contribution in [3.05, 3.63) is 54.1 Å². The number of aromatic hydroxyl groups is 1. The minimum atomic E-state index is -0.564. The normalized spacial score (nSPS) is 21.2. The van der Waals surface area contributed by atoms with E-state index in [4.69, 9.17) is 0 Å². The summed E-state index contributed by atoms with van der Waals surface area (Å²) >= 11 is 0. The third-order valence-electron chi connectivity index (χ3n) is 4.17. The molecule has 2 atom stereocenters. The van der Waals surface area contributed by atoms with E-state index in [2.05, 4.69) is 10.1 Å². The maximum atomic E-state index is 13.6. The molecule has 1 unspecified atom stereocenters. The van der Waals surface area contributed by atoms with Crippen molar-refractivity contribution in [1.29, 1.82) is 0 Å². The molecule has 3 heterocycles. The minimum Gasteiger partial charge on any atom is -0.508 e. The van der Waals surface area contributed by atoms with Gasteiger partial charge in [0.05, 0.1) is 18.3 Å². The number of nitrogens with zero attached hydrogens (tertiary/aromatic N) is 4. The predicted molar refractivity (Wildman–Crippen MR) is 81.8 cm³/mol. The van der Waals surface area contributed by atoms with Gasteiger partial charge in [-0.25, -0.2) is 13.9 Å². The molecule has 0 spiro atoms. The number of halogens is 1. The SMILES string of the molecule is Oc1ccc(F)cc1[C@H]1CC(O)CN1c1ccn2nccc2n1. The van der Waals surface area contributed by atoms with Crippen molar-refractivity contribution in [2.24, 2.45) is 0 Å². The van der Waals surface area contributed by atoms with E-state index in [1.54, 1.807) is 29.0 Å². The Morgan fingerprint density at radius 2 is 2.09 bits per heavy atom. The number of hydrogen-bond donors (Lipinski definition) is 2. The standard InChI is InChI=1S/C16H15FN4O2/c17-10-1-2-14(23)12(7-10)13-8-11(22)9-20(13)15-4-6-21-16(19-15)3-5-18-21/h1-7,11,13,22-23H,8-9H2/t11?,13-/m1/s1. The molecule has 1 aliphatic heterocycles. The number of β-amino-alcohol motifs (C(OH)–C–C–N with tert-alkyl or cyclic N) is 1. The summed E-state index contributed by atoms with van der Waals surface area (Å²) < 4.78 is 15.2. The summed E-state index contributed by atoms with van der Waals surface area (Å²) in [6, 6.07) is 7.10. The van der Waals surface area contributed by atoms with E-state index in [1.807, 2.05) is 4.90 Å². The average Bonchev–Trinajstić information content (AvgIpc) is 3.15. The Balaban J connectivity index is 1.77. The van der Waals surface area contributed by atoms with Gasteiger partial charge in [0.2, 0.25) is 0 Å². The van der Waals surface area contributed by atoms with Crippen LogP contribution in [0, 0.1) is 5.82 Å². The molecule has 2 N–H and O–H groups in total. The summed E-state index contributed by atoms with van der Waals surface area (Å²) in [6.07, 6.45) is 3.28. The monoisotopic (exact) mass is 314 g/mol. The van der Waals surface area contributed by atoms with Crippen LogP contribution in [0.15, 0.2) is 42.7 Å². The summed E-state index contributed by atoms with van der Waals surface area (Å²) in [5, 5.41) is 24.2. The van der Waals surface area contributed by atoms with Gasteiger partial charge in [0.25, 0.3) is 0 Å². The number of phenols is 1. The fourth-order valence-electron chi connectivity index (χ4n) is 3.12. The number of fused-ring (bicyclic) bond motifs is 1. The predicted octanol–water partition coefficient (Wildman–Crippen LogP) is 1.89. The number of aliphatic hydroxyl groups excluding tert-OH is 1. The lowest BCUT2D eigenvalue weighted by Gasteiger charge is -2.26. The molecule has 23 heavy (non-hydrogen) atoms. The topological polar surface area (TPSA) is 73.9 Å². The highest BCUT2D eigenvalue weighted by Gasteiger charge is 2.34. The lowest BCUT2D eigenvalue weighted by Crippen LogP contribution is -2.25. The Bertz CT molecular complexity index is 866. The van der Waals surface area contributed by atoms with Crippen LogP contribution in [0.2, 0.25) is 0 Å².